The highest BCUT2D eigenvalue weighted by Crippen LogP contribution is 2.37. The number of phenolic OH excluding ortho intramolecular Hbond substituents is 2. The number of phenols is 2. The Labute approximate surface area is 101 Å². The summed E-state index contributed by atoms with van der Waals surface area (Å²) in [6.07, 6.45) is -4.39. The van der Waals surface area contributed by atoms with Crippen LogP contribution in [-0.4, -0.2) is 10.2 Å². The summed E-state index contributed by atoms with van der Waals surface area (Å²) in [5, 5.41) is 18.9. The quantitative estimate of drug-likeness (QED) is 0.760. The highest BCUT2D eigenvalue weighted by molar-refractivity contribution is 5.73. The molecule has 0 fully saturated rings. The van der Waals surface area contributed by atoms with Gasteiger partial charge in [-0.2, -0.15) is 13.2 Å². The van der Waals surface area contributed by atoms with Crippen molar-refractivity contribution >= 4 is 0 Å². The standard InChI is InChI=1S/C13H9F3O2/c14-13(15,16)9-6-4-8(5-7-9)10-2-1-3-11(17)12(10)18/h1-7,17-18H. The lowest BCUT2D eigenvalue weighted by Gasteiger charge is -2.09. The van der Waals surface area contributed by atoms with Gasteiger partial charge in [-0.3, -0.25) is 0 Å². The van der Waals surface area contributed by atoms with E-state index >= 15 is 0 Å². The molecule has 0 aromatic heterocycles. The molecule has 0 atom stereocenters. The maximum Gasteiger partial charge on any atom is 0.416 e. The fourth-order valence-corrected chi connectivity index (χ4v) is 1.60. The van der Waals surface area contributed by atoms with Crippen molar-refractivity contribution in [2.75, 3.05) is 0 Å². The fourth-order valence-electron chi connectivity index (χ4n) is 1.60. The Kier molecular flexibility index (Phi) is 2.90. The van der Waals surface area contributed by atoms with E-state index in [0.717, 1.165) is 12.1 Å². The summed E-state index contributed by atoms with van der Waals surface area (Å²) < 4.78 is 37.1. The van der Waals surface area contributed by atoms with Crippen molar-refractivity contribution in [3.05, 3.63) is 48.0 Å². The smallest absolute Gasteiger partial charge is 0.416 e. The summed E-state index contributed by atoms with van der Waals surface area (Å²) in [6.45, 7) is 0. The third-order valence-corrected chi connectivity index (χ3v) is 2.54. The minimum atomic E-state index is -4.39. The van der Waals surface area contributed by atoms with Crippen molar-refractivity contribution in [1.29, 1.82) is 0 Å². The molecule has 0 saturated heterocycles. The van der Waals surface area contributed by atoms with E-state index in [1.165, 1.54) is 30.3 Å². The van der Waals surface area contributed by atoms with Gasteiger partial charge in [-0.25, -0.2) is 0 Å². The monoisotopic (exact) mass is 254 g/mol. The molecule has 0 heterocycles. The van der Waals surface area contributed by atoms with Crippen molar-refractivity contribution in [2.45, 2.75) is 6.18 Å². The van der Waals surface area contributed by atoms with Gasteiger partial charge in [0.25, 0.3) is 0 Å². The molecule has 0 bridgehead atoms. The van der Waals surface area contributed by atoms with Crippen LogP contribution in [0, 0.1) is 0 Å². The molecule has 0 spiro atoms. The molecule has 2 rings (SSSR count). The number of hydrogen-bond donors (Lipinski definition) is 2. The predicted octanol–water partition coefficient (Wildman–Crippen LogP) is 3.78. The van der Waals surface area contributed by atoms with Crippen LogP contribution in [0.1, 0.15) is 5.56 Å². The molecular formula is C13H9F3O2. The summed E-state index contributed by atoms with van der Waals surface area (Å²) in [4.78, 5) is 0. The molecule has 0 amide bonds. The Morgan fingerprint density at radius 3 is 2.00 bits per heavy atom. The summed E-state index contributed by atoms with van der Waals surface area (Å²) in [6, 6.07) is 8.66. The second-order valence-corrected chi connectivity index (χ2v) is 3.75. The average Bonchev–Trinajstić information content (AvgIpc) is 2.32. The zero-order valence-corrected chi connectivity index (χ0v) is 9.07. The molecule has 2 nitrogen and oxygen atoms in total. The van der Waals surface area contributed by atoms with E-state index in [1.54, 1.807) is 0 Å². The number of rotatable bonds is 1. The van der Waals surface area contributed by atoms with Crippen molar-refractivity contribution < 1.29 is 23.4 Å². The molecule has 2 aromatic rings. The molecule has 18 heavy (non-hydrogen) atoms. The summed E-state index contributed by atoms with van der Waals surface area (Å²) in [7, 11) is 0. The maximum absolute atomic E-state index is 12.4. The van der Waals surface area contributed by atoms with Gasteiger partial charge in [0.05, 0.1) is 5.56 Å². The zero-order valence-electron chi connectivity index (χ0n) is 9.07. The van der Waals surface area contributed by atoms with E-state index in [0.29, 0.717) is 5.56 Å². The van der Waals surface area contributed by atoms with Crippen molar-refractivity contribution in [2.24, 2.45) is 0 Å². The molecule has 5 heteroatoms. The normalized spacial score (nSPS) is 11.5. The summed E-state index contributed by atoms with van der Waals surface area (Å²) in [5.41, 5.74) is -0.0778. The van der Waals surface area contributed by atoms with Gasteiger partial charge in [-0.05, 0) is 23.8 Å². The maximum atomic E-state index is 12.4. The number of para-hydroxylation sites is 1. The number of alkyl halides is 3. The molecule has 2 N–H and O–H groups in total. The number of hydrogen-bond acceptors (Lipinski definition) is 2. The van der Waals surface area contributed by atoms with Gasteiger partial charge >= 0.3 is 6.18 Å². The van der Waals surface area contributed by atoms with Crippen molar-refractivity contribution in [1.82, 2.24) is 0 Å². The third kappa shape index (κ3) is 2.25. The summed E-state index contributed by atoms with van der Waals surface area (Å²) >= 11 is 0. The van der Waals surface area contributed by atoms with Crippen LogP contribution in [0.4, 0.5) is 13.2 Å². The lowest BCUT2D eigenvalue weighted by atomic mass is 10.0. The summed E-state index contributed by atoms with van der Waals surface area (Å²) in [5.74, 6) is -0.662. The molecule has 0 saturated carbocycles. The van der Waals surface area contributed by atoms with Crippen LogP contribution in [0.25, 0.3) is 11.1 Å². The Bertz CT molecular complexity index is 559. The number of benzene rings is 2. The van der Waals surface area contributed by atoms with Gasteiger partial charge in [0.2, 0.25) is 0 Å². The molecule has 94 valence electrons. The van der Waals surface area contributed by atoms with Crippen LogP contribution in [0.5, 0.6) is 11.5 Å². The molecule has 0 unspecified atom stereocenters. The Morgan fingerprint density at radius 1 is 0.833 bits per heavy atom. The lowest BCUT2D eigenvalue weighted by Crippen LogP contribution is -2.03. The van der Waals surface area contributed by atoms with Crippen LogP contribution in [0.15, 0.2) is 42.5 Å². The minimum Gasteiger partial charge on any atom is -0.504 e. The molecule has 2 aromatic carbocycles. The predicted molar refractivity (Wildman–Crippen MR) is 60.2 cm³/mol. The second kappa shape index (κ2) is 4.25. The van der Waals surface area contributed by atoms with Crippen molar-refractivity contribution in [3.8, 4) is 22.6 Å². The largest absolute Gasteiger partial charge is 0.504 e. The lowest BCUT2D eigenvalue weighted by molar-refractivity contribution is -0.137. The first-order valence-corrected chi connectivity index (χ1v) is 5.08. The first kappa shape index (κ1) is 12.3. The van der Waals surface area contributed by atoms with Crippen LogP contribution in [-0.2, 0) is 6.18 Å². The highest BCUT2D eigenvalue weighted by atomic mass is 19.4. The van der Waals surface area contributed by atoms with E-state index in [9.17, 15) is 23.4 Å². The van der Waals surface area contributed by atoms with Crippen molar-refractivity contribution in [3.63, 3.8) is 0 Å². The van der Waals surface area contributed by atoms with Gasteiger partial charge in [0, 0.05) is 5.56 Å². The van der Waals surface area contributed by atoms with Gasteiger partial charge in [0.15, 0.2) is 11.5 Å². The topological polar surface area (TPSA) is 40.5 Å². The van der Waals surface area contributed by atoms with E-state index in [4.69, 9.17) is 0 Å². The molecule has 0 radical (unpaired) electrons. The Hall–Kier alpha value is -2.17. The Morgan fingerprint density at radius 2 is 1.44 bits per heavy atom. The molecular weight excluding hydrogens is 245 g/mol. The van der Waals surface area contributed by atoms with E-state index in [-0.39, 0.29) is 17.1 Å². The van der Waals surface area contributed by atoms with Gasteiger partial charge in [-0.1, -0.05) is 24.3 Å². The van der Waals surface area contributed by atoms with E-state index < -0.39 is 11.7 Å². The van der Waals surface area contributed by atoms with Crippen LogP contribution < -0.4 is 0 Å². The van der Waals surface area contributed by atoms with Crippen LogP contribution in [0.2, 0.25) is 0 Å². The average molecular weight is 254 g/mol. The van der Waals surface area contributed by atoms with E-state index in [2.05, 4.69) is 0 Å². The number of aromatic hydroxyl groups is 2. The first-order valence-electron chi connectivity index (χ1n) is 5.08. The molecule has 0 aliphatic carbocycles. The van der Waals surface area contributed by atoms with Gasteiger partial charge in [-0.15, -0.1) is 0 Å². The third-order valence-electron chi connectivity index (χ3n) is 2.54. The zero-order chi connectivity index (χ0) is 13.3. The molecule has 0 aliphatic heterocycles. The SMILES string of the molecule is Oc1cccc(-c2ccc(C(F)(F)F)cc2)c1O. The molecule has 0 aliphatic rings. The van der Waals surface area contributed by atoms with E-state index in [1.807, 2.05) is 0 Å². The Balaban J connectivity index is 2.44. The van der Waals surface area contributed by atoms with Crippen LogP contribution in [0.3, 0.4) is 0 Å². The highest BCUT2D eigenvalue weighted by Gasteiger charge is 2.30. The van der Waals surface area contributed by atoms with Gasteiger partial charge < -0.3 is 10.2 Å². The first-order chi connectivity index (χ1) is 8.39. The van der Waals surface area contributed by atoms with Gasteiger partial charge in [0.1, 0.15) is 0 Å². The van der Waals surface area contributed by atoms with Crippen LogP contribution >= 0.6 is 0 Å². The number of halogens is 3. The fraction of sp³-hybridized carbons (Fsp3) is 0.0769. The second-order valence-electron chi connectivity index (χ2n) is 3.75. The minimum absolute atomic E-state index is 0.281.